The predicted molar refractivity (Wildman–Crippen MR) is 92.0 cm³/mol. The van der Waals surface area contributed by atoms with Gasteiger partial charge in [-0.05, 0) is 51.8 Å². The van der Waals surface area contributed by atoms with Gasteiger partial charge in [0.05, 0.1) is 0 Å². The molecule has 0 aliphatic heterocycles. The maximum atomic E-state index is 9.99. The average molecular weight is 290 g/mol. The first-order chi connectivity index (χ1) is 10.0. The molecule has 0 bridgehead atoms. The van der Waals surface area contributed by atoms with Gasteiger partial charge in [0.15, 0.2) is 0 Å². The van der Waals surface area contributed by atoms with Crippen LogP contribution < -0.4 is 0 Å². The zero-order chi connectivity index (χ0) is 16.0. The Morgan fingerprint density at radius 3 is 2.29 bits per heavy atom. The summed E-state index contributed by atoms with van der Waals surface area (Å²) >= 11 is 0. The van der Waals surface area contributed by atoms with E-state index in [-0.39, 0.29) is 0 Å². The van der Waals surface area contributed by atoms with Crippen molar-refractivity contribution in [3.8, 4) is 5.75 Å². The first kappa shape index (κ1) is 17.6. The molecule has 0 fully saturated rings. The van der Waals surface area contributed by atoms with Gasteiger partial charge >= 0.3 is 0 Å². The number of H-pyrrole nitrogens is 1. The van der Waals surface area contributed by atoms with E-state index in [9.17, 15) is 5.11 Å². The summed E-state index contributed by atoms with van der Waals surface area (Å²) in [5.74, 6) is 0.370. The summed E-state index contributed by atoms with van der Waals surface area (Å²) in [5.41, 5.74) is 2.20. The summed E-state index contributed by atoms with van der Waals surface area (Å²) in [4.78, 5) is 5.70. The van der Waals surface area contributed by atoms with E-state index in [1.165, 1.54) is 5.56 Å². The molecule has 2 aromatic rings. The van der Waals surface area contributed by atoms with E-state index >= 15 is 0 Å². The number of nitrogens with one attached hydrogen (secondary N) is 1. The fraction of sp³-hybridized carbons (Fsp3) is 0.556. The largest absolute Gasteiger partial charge is 0.507 e. The van der Waals surface area contributed by atoms with Crippen LogP contribution in [0.1, 0.15) is 47.1 Å². The molecule has 0 spiro atoms. The Morgan fingerprint density at radius 2 is 1.71 bits per heavy atom. The molecule has 0 aliphatic rings. The summed E-state index contributed by atoms with van der Waals surface area (Å²) < 4.78 is 0. The Balaban J connectivity index is 0.00000106. The minimum absolute atomic E-state index is 0.370. The molecule has 3 heteroatoms. The van der Waals surface area contributed by atoms with E-state index in [1.807, 2.05) is 32.2 Å². The van der Waals surface area contributed by atoms with E-state index in [0.717, 1.165) is 23.9 Å². The van der Waals surface area contributed by atoms with Crippen LogP contribution in [0.15, 0.2) is 24.4 Å². The Kier molecular flexibility index (Phi) is 6.76. The third-order valence-corrected chi connectivity index (χ3v) is 3.73. The lowest BCUT2D eigenvalue weighted by Crippen LogP contribution is -2.38. The Bertz CT molecular complexity index is 535. The molecule has 2 N–H and O–H groups in total. The van der Waals surface area contributed by atoms with E-state index < -0.39 is 0 Å². The second kappa shape index (κ2) is 8.08. The van der Waals surface area contributed by atoms with Crippen molar-refractivity contribution in [1.82, 2.24) is 9.88 Å². The number of fused-ring (bicyclic) bond motifs is 1. The third-order valence-electron chi connectivity index (χ3n) is 3.73. The lowest BCUT2D eigenvalue weighted by Gasteiger charge is -2.30. The van der Waals surface area contributed by atoms with Crippen LogP contribution >= 0.6 is 0 Å². The maximum Gasteiger partial charge on any atom is 0.125 e. The zero-order valence-electron chi connectivity index (χ0n) is 14.3. The van der Waals surface area contributed by atoms with Gasteiger partial charge in [0.2, 0.25) is 0 Å². The van der Waals surface area contributed by atoms with Crippen LogP contribution in [-0.4, -0.2) is 33.6 Å². The predicted octanol–water partition coefficient (Wildman–Crippen LogP) is 4.56. The molecule has 1 aromatic heterocycles. The lowest BCUT2D eigenvalue weighted by atomic mass is 10.1. The summed E-state index contributed by atoms with van der Waals surface area (Å²) in [6, 6.07) is 6.70. The van der Waals surface area contributed by atoms with Gasteiger partial charge in [0.25, 0.3) is 0 Å². The van der Waals surface area contributed by atoms with Gasteiger partial charge in [-0.15, -0.1) is 0 Å². The molecule has 0 saturated heterocycles. The monoisotopic (exact) mass is 290 g/mol. The van der Waals surface area contributed by atoms with Crippen LogP contribution in [0.3, 0.4) is 0 Å². The van der Waals surface area contributed by atoms with Crippen molar-refractivity contribution in [2.45, 2.75) is 60.0 Å². The summed E-state index contributed by atoms with van der Waals surface area (Å²) in [5, 5.41) is 11.0. The van der Waals surface area contributed by atoms with Crippen molar-refractivity contribution >= 4 is 10.9 Å². The number of phenols is 1. The summed E-state index contributed by atoms with van der Waals surface area (Å²) in [7, 11) is 0. The zero-order valence-corrected chi connectivity index (χ0v) is 14.3. The van der Waals surface area contributed by atoms with Gasteiger partial charge in [-0.3, -0.25) is 4.90 Å². The molecule has 3 nitrogen and oxygen atoms in total. The number of aromatic amines is 1. The standard InChI is InChI=1S/C16H24N2O.C2H6/c1-11(2)18(12(3)4)9-8-13-10-17-14-6-5-7-15(19)16(13)14;1-2/h5-7,10-12,17,19H,8-9H2,1-4H3;1-2H3. The number of aromatic nitrogens is 1. The number of benzene rings is 1. The van der Waals surface area contributed by atoms with Gasteiger partial charge in [-0.1, -0.05) is 19.9 Å². The highest BCUT2D eigenvalue weighted by Crippen LogP contribution is 2.28. The van der Waals surface area contributed by atoms with Crippen molar-refractivity contribution in [2.24, 2.45) is 0 Å². The summed E-state index contributed by atoms with van der Waals surface area (Å²) in [6.45, 7) is 13.9. The molecule has 0 aliphatic carbocycles. The highest BCUT2D eigenvalue weighted by Gasteiger charge is 2.15. The molecular formula is C18H30N2O. The quantitative estimate of drug-likeness (QED) is 0.847. The van der Waals surface area contributed by atoms with Gasteiger partial charge in [-0.25, -0.2) is 0 Å². The van der Waals surface area contributed by atoms with Gasteiger partial charge in [0.1, 0.15) is 5.75 Å². The number of aromatic hydroxyl groups is 1. The highest BCUT2D eigenvalue weighted by molar-refractivity contribution is 5.88. The molecule has 0 radical (unpaired) electrons. The third kappa shape index (κ3) is 4.24. The van der Waals surface area contributed by atoms with E-state index in [4.69, 9.17) is 0 Å². The number of hydrogen-bond acceptors (Lipinski definition) is 2. The molecule has 21 heavy (non-hydrogen) atoms. The van der Waals surface area contributed by atoms with Gasteiger partial charge in [0, 0.05) is 35.7 Å². The van der Waals surface area contributed by atoms with E-state index in [0.29, 0.717) is 17.8 Å². The van der Waals surface area contributed by atoms with E-state index in [2.05, 4.69) is 37.6 Å². The number of nitrogens with zero attached hydrogens (tertiary/aromatic N) is 1. The minimum Gasteiger partial charge on any atom is -0.507 e. The molecule has 1 heterocycles. The second-order valence-corrected chi connectivity index (χ2v) is 5.69. The molecule has 118 valence electrons. The maximum absolute atomic E-state index is 9.99. The van der Waals surface area contributed by atoms with E-state index in [1.54, 1.807) is 6.07 Å². The molecule has 0 amide bonds. The Labute approximate surface area is 129 Å². The number of phenolic OH excluding ortho intramolecular Hbond substituents is 1. The van der Waals surface area contributed by atoms with Crippen LogP contribution in [0.2, 0.25) is 0 Å². The van der Waals surface area contributed by atoms with Crippen LogP contribution in [0.25, 0.3) is 10.9 Å². The Hall–Kier alpha value is -1.48. The molecule has 1 aromatic carbocycles. The fourth-order valence-corrected chi connectivity index (χ4v) is 2.79. The van der Waals surface area contributed by atoms with Crippen molar-refractivity contribution in [3.05, 3.63) is 30.0 Å². The molecule has 0 saturated carbocycles. The molecule has 0 atom stereocenters. The SMILES string of the molecule is CC.CC(C)N(CCc1c[nH]c2cccc(O)c12)C(C)C. The number of rotatable bonds is 5. The smallest absolute Gasteiger partial charge is 0.125 e. The van der Waals surface area contributed by atoms with Crippen molar-refractivity contribution < 1.29 is 5.11 Å². The fourth-order valence-electron chi connectivity index (χ4n) is 2.79. The lowest BCUT2D eigenvalue weighted by molar-refractivity contribution is 0.177. The second-order valence-electron chi connectivity index (χ2n) is 5.69. The van der Waals surface area contributed by atoms with Crippen LogP contribution in [0.4, 0.5) is 0 Å². The average Bonchev–Trinajstić information content (AvgIpc) is 2.85. The van der Waals surface area contributed by atoms with Crippen LogP contribution in [0, 0.1) is 0 Å². The van der Waals surface area contributed by atoms with Crippen molar-refractivity contribution in [3.63, 3.8) is 0 Å². The topological polar surface area (TPSA) is 39.3 Å². The molecule has 2 rings (SSSR count). The minimum atomic E-state index is 0.370. The first-order valence-electron chi connectivity index (χ1n) is 8.04. The first-order valence-corrected chi connectivity index (χ1v) is 8.04. The number of hydrogen-bond donors (Lipinski definition) is 2. The van der Waals surface area contributed by atoms with Gasteiger partial charge in [-0.2, -0.15) is 0 Å². The summed E-state index contributed by atoms with van der Waals surface area (Å²) in [6.07, 6.45) is 2.97. The van der Waals surface area contributed by atoms with Gasteiger partial charge < -0.3 is 10.1 Å². The molecular weight excluding hydrogens is 260 g/mol. The van der Waals surface area contributed by atoms with Crippen molar-refractivity contribution in [1.29, 1.82) is 0 Å². The molecule has 0 unspecified atom stereocenters. The highest BCUT2D eigenvalue weighted by atomic mass is 16.3. The normalized spacial score (nSPS) is 11.3. The van der Waals surface area contributed by atoms with Crippen LogP contribution in [0.5, 0.6) is 5.75 Å². The van der Waals surface area contributed by atoms with Crippen LogP contribution in [-0.2, 0) is 6.42 Å². The Morgan fingerprint density at radius 1 is 1.10 bits per heavy atom. The van der Waals surface area contributed by atoms with Crippen molar-refractivity contribution in [2.75, 3.05) is 6.54 Å².